The number of hydrogen-bond donors (Lipinski definition) is 1. The molecule has 0 aromatic carbocycles. The third-order valence-corrected chi connectivity index (χ3v) is 3.53. The molecule has 1 aliphatic rings. The quantitative estimate of drug-likeness (QED) is 0.913. The van der Waals surface area contributed by atoms with E-state index in [1.54, 1.807) is 4.90 Å². The van der Waals surface area contributed by atoms with E-state index in [1.165, 1.54) is 7.11 Å². The van der Waals surface area contributed by atoms with E-state index in [1.807, 2.05) is 19.1 Å². The van der Waals surface area contributed by atoms with Gasteiger partial charge in [0.1, 0.15) is 11.5 Å². The number of nitrogens with one attached hydrogen (secondary N) is 1. The van der Waals surface area contributed by atoms with Gasteiger partial charge in [-0.3, -0.25) is 0 Å². The van der Waals surface area contributed by atoms with Crippen molar-refractivity contribution in [2.24, 2.45) is 0 Å². The van der Waals surface area contributed by atoms with E-state index in [0.717, 1.165) is 30.9 Å². The number of nitrogens with zero attached hydrogens (tertiary/aromatic N) is 1. The van der Waals surface area contributed by atoms with Crippen LogP contribution in [0, 0.1) is 6.92 Å². The Labute approximate surface area is 113 Å². The van der Waals surface area contributed by atoms with Gasteiger partial charge in [0.2, 0.25) is 0 Å². The zero-order valence-corrected chi connectivity index (χ0v) is 11.8. The number of aryl methyl sites for hydroxylation is 1. The molecule has 0 radical (unpaired) electrons. The molecule has 5 nitrogen and oxygen atoms in total. The second kappa shape index (κ2) is 6.10. The minimum absolute atomic E-state index is 0.149. The largest absolute Gasteiger partial charge is 0.465 e. The molecule has 1 aromatic heterocycles. The van der Waals surface area contributed by atoms with Crippen LogP contribution < -0.4 is 5.32 Å². The lowest BCUT2D eigenvalue weighted by molar-refractivity contribution is 0.105. The highest BCUT2D eigenvalue weighted by molar-refractivity contribution is 5.67. The molecule has 2 atom stereocenters. The van der Waals surface area contributed by atoms with E-state index in [9.17, 15) is 4.79 Å². The summed E-state index contributed by atoms with van der Waals surface area (Å²) in [5, 5.41) is 3.51. The Morgan fingerprint density at radius 3 is 3.00 bits per heavy atom. The number of likely N-dealkylation sites (tertiary alicyclic amines) is 1. The number of carbonyl (C=O) groups is 1. The molecular formula is C14H22N2O3. The summed E-state index contributed by atoms with van der Waals surface area (Å²) in [4.78, 5) is 13.3. The summed E-state index contributed by atoms with van der Waals surface area (Å²) in [6.07, 6.45) is 1.82. The zero-order valence-electron chi connectivity index (χ0n) is 11.8. The molecule has 1 aromatic rings. The molecule has 106 valence electrons. The van der Waals surface area contributed by atoms with Crippen LogP contribution in [0.3, 0.4) is 0 Å². The number of piperidine rings is 1. The third-order valence-electron chi connectivity index (χ3n) is 3.53. The van der Waals surface area contributed by atoms with Crippen molar-refractivity contribution < 1.29 is 13.9 Å². The topological polar surface area (TPSA) is 54.7 Å². The van der Waals surface area contributed by atoms with Crippen molar-refractivity contribution in [1.82, 2.24) is 10.2 Å². The molecule has 1 amide bonds. The van der Waals surface area contributed by atoms with Crippen LogP contribution in [0.15, 0.2) is 16.5 Å². The normalized spacial score (nSPS) is 21.2. The molecule has 0 saturated carbocycles. The lowest BCUT2D eigenvalue weighted by Gasteiger charge is -2.33. The van der Waals surface area contributed by atoms with Crippen LogP contribution in [0.4, 0.5) is 4.79 Å². The first kappa shape index (κ1) is 13.9. The van der Waals surface area contributed by atoms with Gasteiger partial charge in [0.25, 0.3) is 0 Å². The summed E-state index contributed by atoms with van der Waals surface area (Å²) in [5.41, 5.74) is 0. The maximum atomic E-state index is 11.5. The van der Waals surface area contributed by atoms with Gasteiger partial charge in [-0.05, 0) is 38.8 Å². The monoisotopic (exact) mass is 266 g/mol. The molecule has 1 N–H and O–H groups in total. The summed E-state index contributed by atoms with van der Waals surface area (Å²) >= 11 is 0. The Hall–Kier alpha value is -1.49. The summed E-state index contributed by atoms with van der Waals surface area (Å²) in [6.45, 7) is 5.49. The fourth-order valence-electron chi connectivity index (χ4n) is 2.53. The Bertz CT molecular complexity index is 430. The van der Waals surface area contributed by atoms with Crippen LogP contribution in [-0.2, 0) is 4.74 Å². The van der Waals surface area contributed by atoms with E-state index in [4.69, 9.17) is 9.15 Å². The van der Waals surface area contributed by atoms with Crippen LogP contribution in [0.5, 0.6) is 0 Å². The van der Waals surface area contributed by atoms with Crippen molar-refractivity contribution >= 4 is 6.09 Å². The summed E-state index contributed by atoms with van der Waals surface area (Å²) in [5.74, 6) is 1.86. The minimum atomic E-state index is -0.243. The molecule has 1 saturated heterocycles. The summed E-state index contributed by atoms with van der Waals surface area (Å²) in [7, 11) is 1.42. The van der Waals surface area contributed by atoms with Gasteiger partial charge in [-0.15, -0.1) is 0 Å². The molecule has 2 rings (SSSR count). The van der Waals surface area contributed by atoms with Crippen molar-refractivity contribution in [1.29, 1.82) is 0 Å². The Balaban J connectivity index is 1.90. The van der Waals surface area contributed by atoms with Gasteiger partial charge in [-0.25, -0.2) is 4.79 Å². The molecule has 1 aliphatic heterocycles. The van der Waals surface area contributed by atoms with Crippen molar-refractivity contribution in [3.63, 3.8) is 0 Å². The lowest BCUT2D eigenvalue weighted by atomic mass is 10.0. The molecule has 0 bridgehead atoms. The van der Waals surface area contributed by atoms with Gasteiger partial charge in [-0.1, -0.05) is 0 Å². The second-order valence-corrected chi connectivity index (χ2v) is 5.09. The first-order chi connectivity index (χ1) is 9.10. The molecule has 1 fully saturated rings. The Morgan fingerprint density at radius 1 is 1.58 bits per heavy atom. The van der Waals surface area contributed by atoms with Crippen LogP contribution in [0.2, 0.25) is 0 Å². The predicted molar refractivity (Wildman–Crippen MR) is 72.0 cm³/mol. The number of carbonyl (C=O) groups excluding carboxylic acids is 1. The maximum Gasteiger partial charge on any atom is 0.409 e. The van der Waals surface area contributed by atoms with Gasteiger partial charge in [0.15, 0.2) is 0 Å². The van der Waals surface area contributed by atoms with Crippen LogP contribution in [0.1, 0.15) is 37.3 Å². The molecule has 0 spiro atoms. The van der Waals surface area contributed by atoms with Gasteiger partial charge in [0, 0.05) is 19.1 Å². The Morgan fingerprint density at radius 2 is 2.37 bits per heavy atom. The van der Waals surface area contributed by atoms with Crippen LogP contribution in [-0.4, -0.2) is 37.2 Å². The first-order valence-corrected chi connectivity index (χ1v) is 6.75. The molecule has 0 unspecified atom stereocenters. The van der Waals surface area contributed by atoms with Crippen LogP contribution >= 0.6 is 0 Å². The minimum Gasteiger partial charge on any atom is -0.465 e. The van der Waals surface area contributed by atoms with E-state index < -0.39 is 0 Å². The van der Waals surface area contributed by atoms with Gasteiger partial charge < -0.3 is 19.4 Å². The molecular weight excluding hydrogens is 244 g/mol. The van der Waals surface area contributed by atoms with Crippen molar-refractivity contribution in [3.8, 4) is 0 Å². The van der Waals surface area contributed by atoms with Crippen molar-refractivity contribution in [3.05, 3.63) is 23.7 Å². The number of amides is 1. The van der Waals surface area contributed by atoms with E-state index in [0.29, 0.717) is 6.54 Å². The standard InChI is InChI=1S/C14H22N2O3/c1-10-6-7-13(19-10)11(2)15-12-5-4-8-16(9-12)14(17)18-3/h6-7,11-12,15H,4-5,8-9H2,1-3H3/t11-,12+/m1/s1. The van der Waals surface area contributed by atoms with E-state index in [-0.39, 0.29) is 18.2 Å². The molecule has 0 aliphatic carbocycles. The average molecular weight is 266 g/mol. The molecule has 5 heteroatoms. The second-order valence-electron chi connectivity index (χ2n) is 5.09. The smallest absolute Gasteiger partial charge is 0.409 e. The van der Waals surface area contributed by atoms with Crippen molar-refractivity contribution in [2.45, 2.75) is 38.8 Å². The fourth-order valence-corrected chi connectivity index (χ4v) is 2.53. The summed E-state index contributed by atoms with van der Waals surface area (Å²) in [6, 6.07) is 4.40. The predicted octanol–water partition coefficient (Wildman–Crippen LogP) is 2.47. The van der Waals surface area contributed by atoms with Gasteiger partial charge >= 0.3 is 6.09 Å². The fraction of sp³-hybridized carbons (Fsp3) is 0.643. The highest BCUT2D eigenvalue weighted by atomic mass is 16.5. The number of rotatable bonds is 3. The Kier molecular flexibility index (Phi) is 4.47. The number of ether oxygens (including phenoxy) is 1. The summed E-state index contributed by atoms with van der Waals surface area (Å²) < 4.78 is 10.4. The number of methoxy groups -OCH3 is 1. The van der Waals surface area contributed by atoms with Gasteiger partial charge in [-0.2, -0.15) is 0 Å². The van der Waals surface area contributed by atoms with E-state index >= 15 is 0 Å². The number of furan rings is 1. The highest BCUT2D eigenvalue weighted by Crippen LogP contribution is 2.19. The first-order valence-electron chi connectivity index (χ1n) is 6.75. The zero-order chi connectivity index (χ0) is 13.8. The average Bonchev–Trinajstić information content (AvgIpc) is 2.85. The van der Waals surface area contributed by atoms with E-state index in [2.05, 4.69) is 12.2 Å². The van der Waals surface area contributed by atoms with Crippen molar-refractivity contribution in [2.75, 3.05) is 20.2 Å². The lowest BCUT2D eigenvalue weighted by Crippen LogP contribution is -2.48. The number of hydrogen-bond acceptors (Lipinski definition) is 4. The third kappa shape index (κ3) is 3.50. The molecule has 19 heavy (non-hydrogen) atoms. The maximum absolute atomic E-state index is 11.5. The molecule has 2 heterocycles. The highest BCUT2D eigenvalue weighted by Gasteiger charge is 2.25. The SMILES string of the molecule is COC(=O)N1CCC[C@H](N[C@H](C)c2ccc(C)o2)C1. The van der Waals surface area contributed by atoms with Crippen LogP contribution in [0.25, 0.3) is 0 Å². The van der Waals surface area contributed by atoms with Gasteiger partial charge in [0.05, 0.1) is 13.2 Å².